The van der Waals surface area contributed by atoms with E-state index in [1.54, 1.807) is 13.2 Å². The van der Waals surface area contributed by atoms with Crippen molar-refractivity contribution in [2.24, 2.45) is 0 Å². The Morgan fingerprint density at radius 3 is 2.55 bits per heavy atom. The summed E-state index contributed by atoms with van der Waals surface area (Å²) in [6, 6.07) is 4.39. The number of methoxy groups -OCH3 is 1. The van der Waals surface area contributed by atoms with E-state index in [0.717, 1.165) is 25.9 Å². The normalized spacial score (nSPS) is 18.1. The fourth-order valence-corrected chi connectivity index (χ4v) is 3.36. The van der Waals surface area contributed by atoms with Crippen molar-refractivity contribution in [2.75, 3.05) is 20.2 Å². The number of hydrogen-bond acceptors (Lipinski definition) is 3. The zero-order chi connectivity index (χ0) is 14.5. The van der Waals surface area contributed by atoms with E-state index in [2.05, 4.69) is 18.7 Å². The Hall–Kier alpha value is -1.22. The molecule has 0 spiro atoms. The van der Waals surface area contributed by atoms with Crippen LogP contribution in [-0.2, 0) is 12.8 Å². The van der Waals surface area contributed by atoms with E-state index in [1.807, 2.05) is 6.07 Å². The molecule has 1 N–H and O–H groups in total. The molecular weight excluding hydrogens is 250 g/mol. The largest absolute Gasteiger partial charge is 0.504 e. The summed E-state index contributed by atoms with van der Waals surface area (Å²) in [4.78, 5) is 2.60. The summed E-state index contributed by atoms with van der Waals surface area (Å²) in [5, 5.41) is 9.96. The van der Waals surface area contributed by atoms with Gasteiger partial charge >= 0.3 is 0 Å². The number of aromatic hydroxyl groups is 1. The number of phenolic OH excluding ortho intramolecular Hbond substituents is 1. The van der Waals surface area contributed by atoms with Gasteiger partial charge in [-0.15, -0.1) is 0 Å². The second-order valence-corrected chi connectivity index (χ2v) is 5.69. The van der Waals surface area contributed by atoms with Crippen molar-refractivity contribution < 1.29 is 9.84 Å². The molecule has 0 saturated heterocycles. The van der Waals surface area contributed by atoms with Crippen molar-refractivity contribution in [1.82, 2.24) is 4.90 Å². The number of nitrogens with zero attached hydrogens (tertiary/aromatic N) is 1. The lowest BCUT2D eigenvalue weighted by Gasteiger charge is -2.35. The molecule has 0 aliphatic heterocycles. The van der Waals surface area contributed by atoms with Gasteiger partial charge in [-0.25, -0.2) is 0 Å². The Labute approximate surface area is 122 Å². The summed E-state index contributed by atoms with van der Waals surface area (Å²) >= 11 is 0. The van der Waals surface area contributed by atoms with Gasteiger partial charge in [-0.3, -0.25) is 0 Å². The van der Waals surface area contributed by atoms with Crippen molar-refractivity contribution in [3.05, 3.63) is 23.3 Å². The van der Waals surface area contributed by atoms with E-state index in [9.17, 15) is 5.11 Å². The van der Waals surface area contributed by atoms with Crippen molar-refractivity contribution in [3.63, 3.8) is 0 Å². The van der Waals surface area contributed by atoms with Crippen LogP contribution in [0.15, 0.2) is 12.1 Å². The van der Waals surface area contributed by atoms with Crippen molar-refractivity contribution in [3.8, 4) is 11.5 Å². The molecule has 1 aliphatic carbocycles. The van der Waals surface area contributed by atoms with Crippen LogP contribution in [0.3, 0.4) is 0 Å². The van der Waals surface area contributed by atoms with E-state index in [1.165, 1.54) is 30.4 Å². The van der Waals surface area contributed by atoms with Gasteiger partial charge in [-0.05, 0) is 56.8 Å². The Bertz CT molecular complexity index is 439. The van der Waals surface area contributed by atoms with E-state index >= 15 is 0 Å². The molecule has 0 bridgehead atoms. The molecule has 2 rings (SSSR count). The van der Waals surface area contributed by atoms with E-state index in [-0.39, 0.29) is 5.75 Å². The number of hydrogen-bond donors (Lipinski definition) is 1. The van der Waals surface area contributed by atoms with Crippen LogP contribution in [-0.4, -0.2) is 36.2 Å². The van der Waals surface area contributed by atoms with Crippen molar-refractivity contribution in [2.45, 2.75) is 52.0 Å². The van der Waals surface area contributed by atoms with Gasteiger partial charge in [0.2, 0.25) is 0 Å². The molecule has 0 radical (unpaired) electrons. The highest BCUT2D eigenvalue weighted by Crippen LogP contribution is 2.37. The SMILES string of the molecule is CCCN(CCC)[C@H]1CCc2ccc(O)c(OC)c2C1. The molecule has 20 heavy (non-hydrogen) atoms. The van der Waals surface area contributed by atoms with E-state index < -0.39 is 0 Å². The minimum absolute atomic E-state index is 0.268. The highest BCUT2D eigenvalue weighted by molar-refractivity contribution is 5.51. The van der Waals surface area contributed by atoms with Crippen LogP contribution in [0.1, 0.15) is 44.2 Å². The maximum absolute atomic E-state index is 9.96. The van der Waals surface area contributed by atoms with Gasteiger partial charge < -0.3 is 14.7 Å². The van der Waals surface area contributed by atoms with Gasteiger partial charge in [0.05, 0.1) is 7.11 Å². The molecule has 3 nitrogen and oxygen atoms in total. The first-order valence-corrected chi connectivity index (χ1v) is 7.83. The average Bonchev–Trinajstić information content (AvgIpc) is 2.46. The molecule has 1 atom stereocenters. The second kappa shape index (κ2) is 6.98. The number of aryl methyl sites for hydroxylation is 1. The number of fused-ring (bicyclic) bond motifs is 1. The standard InChI is InChI=1S/C17H27NO2/c1-4-10-18(11-5-2)14-8-6-13-7-9-16(19)17(20-3)15(13)12-14/h7,9,14,19H,4-6,8,10-12H2,1-3H3/t14-/m0/s1. The third-order valence-corrected chi connectivity index (χ3v) is 4.27. The molecule has 0 heterocycles. The molecule has 1 aliphatic rings. The summed E-state index contributed by atoms with van der Waals surface area (Å²) in [6.07, 6.45) is 5.68. The Morgan fingerprint density at radius 1 is 1.25 bits per heavy atom. The quantitative estimate of drug-likeness (QED) is 0.865. The van der Waals surface area contributed by atoms with Crippen LogP contribution in [0.25, 0.3) is 0 Å². The minimum Gasteiger partial charge on any atom is -0.504 e. The molecule has 3 heteroatoms. The number of phenols is 1. The maximum atomic E-state index is 9.96. The fraction of sp³-hybridized carbons (Fsp3) is 0.647. The van der Waals surface area contributed by atoms with Crippen molar-refractivity contribution in [1.29, 1.82) is 0 Å². The molecule has 0 fully saturated rings. The Morgan fingerprint density at radius 2 is 1.95 bits per heavy atom. The van der Waals surface area contributed by atoms with Crippen LogP contribution >= 0.6 is 0 Å². The summed E-state index contributed by atoms with van der Waals surface area (Å²) in [5.41, 5.74) is 2.55. The van der Waals surface area contributed by atoms with Gasteiger partial charge in [0.25, 0.3) is 0 Å². The molecule has 0 unspecified atom stereocenters. The Balaban J connectivity index is 2.22. The number of ether oxygens (including phenoxy) is 1. The predicted octanol–water partition coefficient (Wildman–Crippen LogP) is 3.38. The maximum Gasteiger partial charge on any atom is 0.163 e. The lowest BCUT2D eigenvalue weighted by Crippen LogP contribution is -2.40. The zero-order valence-corrected chi connectivity index (χ0v) is 13.0. The molecule has 1 aromatic carbocycles. The zero-order valence-electron chi connectivity index (χ0n) is 13.0. The molecular formula is C17H27NO2. The van der Waals surface area contributed by atoms with Gasteiger partial charge in [0.15, 0.2) is 11.5 Å². The van der Waals surface area contributed by atoms with Crippen LogP contribution in [0, 0.1) is 0 Å². The van der Waals surface area contributed by atoms with Crippen LogP contribution in [0.2, 0.25) is 0 Å². The highest BCUT2D eigenvalue weighted by Gasteiger charge is 2.26. The highest BCUT2D eigenvalue weighted by atomic mass is 16.5. The van der Waals surface area contributed by atoms with Crippen molar-refractivity contribution >= 4 is 0 Å². The lowest BCUT2D eigenvalue weighted by molar-refractivity contribution is 0.178. The molecule has 0 amide bonds. The molecule has 0 saturated carbocycles. The van der Waals surface area contributed by atoms with Gasteiger partial charge in [-0.1, -0.05) is 19.9 Å². The summed E-state index contributed by atoms with van der Waals surface area (Å²) < 4.78 is 5.42. The topological polar surface area (TPSA) is 32.7 Å². The van der Waals surface area contributed by atoms with Gasteiger partial charge in [-0.2, -0.15) is 0 Å². The summed E-state index contributed by atoms with van der Waals surface area (Å²) in [7, 11) is 1.65. The first kappa shape index (κ1) is 15.2. The first-order chi connectivity index (χ1) is 9.71. The minimum atomic E-state index is 0.268. The third kappa shape index (κ3) is 3.09. The third-order valence-electron chi connectivity index (χ3n) is 4.27. The van der Waals surface area contributed by atoms with Gasteiger partial charge in [0, 0.05) is 11.6 Å². The van der Waals surface area contributed by atoms with Crippen LogP contribution in [0.4, 0.5) is 0 Å². The fourth-order valence-electron chi connectivity index (χ4n) is 3.36. The Kier molecular flexibility index (Phi) is 5.30. The summed E-state index contributed by atoms with van der Waals surface area (Å²) in [5.74, 6) is 0.949. The van der Waals surface area contributed by atoms with Gasteiger partial charge in [0.1, 0.15) is 0 Å². The number of rotatable bonds is 6. The predicted molar refractivity (Wildman–Crippen MR) is 82.6 cm³/mol. The molecule has 0 aromatic heterocycles. The number of benzene rings is 1. The monoisotopic (exact) mass is 277 g/mol. The lowest BCUT2D eigenvalue weighted by atomic mass is 9.86. The molecule has 112 valence electrons. The smallest absolute Gasteiger partial charge is 0.163 e. The molecule has 1 aromatic rings. The van der Waals surface area contributed by atoms with E-state index in [4.69, 9.17) is 4.74 Å². The average molecular weight is 277 g/mol. The van der Waals surface area contributed by atoms with Crippen LogP contribution in [0.5, 0.6) is 11.5 Å². The van der Waals surface area contributed by atoms with Crippen LogP contribution < -0.4 is 4.74 Å². The van der Waals surface area contributed by atoms with E-state index in [0.29, 0.717) is 11.8 Å². The first-order valence-electron chi connectivity index (χ1n) is 7.83. The second-order valence-electron chi connectivity index (χ2n) is 5.69. The summed E-state index contributed by atoms with van der Waals surface area (Å²) in [6.45, 7) is 6.81.